The van der Waals surface area contributed by atoms with Crippen LogP contribution < -0.4 is 0 Å². The molecule has 1 saturated heterocycles. The summed E-state index contributed by atoms with van der Waals surface area (Å²) in [4.78, 5) is 35.4. The highest BCUT2D eigenvalue weighted by molar-refractivity contribution is 5.95. The molecule has 7 nitrogen and oxygen atoms in total. The van der Waals surface area contributed by atoms with E-state index in [1.807, 2.05) is 0 Å². The summed E-state index contributed by atoms with van der Waals surface area (Å²) in [7, 11) is 0. The quantitative estimate of drug-likeness (QED) is 0.675. The van der Waals surface area contributed by atoms with E-state index >= 15 is 0 Å². The smallest absolute Gasteiger partial charge is 0.311 e. The molecule has 1 aromatic carbocycles. The van der Waals surface area contributed by atoms with Crippen LogP contribution in [0.4, 0.5) is 5.69 Å². The lowest BCUT2D eigenvalue weighted by atomic mass is 9.84. The number of aliphatic carboxylic acids is 1. The van der Waals surface area contributed by atoms with Gasteiger partial charge in [-0.3, -0.25) is 19.7 Å². The molecule has 0 radical (unpaired) electrons. The van der Waals surface area contributed by atoms with E-state index in [1.165, 1.54) is 29.2 Å². The first-order valence-electron chi connectivity index (χ1n) is 6.67. The van der Waals surface area contributed by atoms with Crippen molar-refractivity contribution in [2.24, 2.45) is 5.41 Å². The second kappa shape index (κ2) is 5.51. The van der Waals surface area contributed by atoms with Gasteiger partial charge in [-0.1, -0.05) is 13.0 Å². The van der Waals surface area contributed by atoms with Crippen LogP contribution in [-0.4, -0.2) is 39.9 Å². The summed E-state index contributed by atoms with van der Waals surface area (Å²) in [6, 6.07) is 5.48. The van der Waals surface area contributed by atoms with E-state index in [0.29, 0.717) is 19.4 Å². The molecule has 1 aliphatic heterocycles. The molecule has 1 unspecified atom stereocenters. The van der Waals surface area contributed by atoms with Gasteiger partial charge >= 0.3 is 5.97 Å². The molecule has 0 aromatic heterocycles. The number of carboxylic acids is 1. The van der Waals surface area contributed by atoms with Gasteiger partial charge in [0.2, 0.25) is 0 Å². The number of amides is 1. The van der Waals surface area contributed by atoms with Gasteiger partial charge in [-0.2, -0.15) is 0 Å². The lowest BCUT2D eigenvalue weighted by Crippen LogP contribution is -2.36. The first kappa shape index (κ1) is 15.0. The molecule has 21 heavy (non-hydrogen) atoms. The minimum Gasteiger partial charge on any atom is -0.481 e. The van der Waals surface area contributed by atoms with Gasteiger partial charge in [-0.05, 0) is 18.9 Å². The summed E-state index contributed by atoms with van der Waals surface area (Å²) in [6.07, 6.45) is 0.848. The number of nitro groups is 1. The minimum absolute atomic E-state index is 0.139. The molecule has 1 heterocycles. The molecule has 0 aliphatic carbocycles. The van der Waals surface area contributed by atoms with Crippen molar-refractivity contribution in [3.63, 3.8) is 0 Å². The molecule has 0 spiro atoms. The molecule has 1 N–H and O–H groups in total. The summed E-state index contributed by atoms with van der Waals surface area (Å²) in [5, 5.41) is 20.1. The van der Waals surface area contributed by atoms with Crippen LogP contribution in [0.1, 0.15) is 30.1 Å². The van der Waals surface area contributed by atoms with Gasteiger partial charge in [0.1, 0.15) is 0 Å². The maximum Gasteiger partial charge on any atom is 0.311 e. The average Bonchev–Trinajstić information content (AvgIpc) is 2.92. The lowest BCUT2D eigenvalue weighted by molar-refractivity contribution is -0.384. The zero-order chi connectivity index (χ0) is 15.6. The molecule has 1 aromatic rings. The maximum atomic E-state index is 12.4. The van der Waals surface area contributed by atoms with Gasteiger partial charge in [-0.15, -0.1) is 0 Å². The zero-order valence-electron chi connectivity index (χ0n) is 11.6. The minimum atomic E-state index is -0.906. The number of non-ortho nitro benzene ring substituents is 1. The predicted molar refractivity (Wildman–Crippen MR) is 74.0 cm³/mol. The van der Waals surface area contributed by atoms with Gasteiger partial charge in [0.25, 0.3) is 11.6 Å². The SMILES string of the molecule is CCC1(C(=O)O)CCN(C(=O)c2cccc([N+](=O)[O-])c2)C1. The Kier molecular flexibility index (Phi) is 3.93. The summed E-state index contributed by atoms with van der Waals surface area (Å²) in [5.74, 6) is -1.27. The molecule has 1 atom stereocenters. The maximum absolute atomic E-state index is 12.4. The third kappa shape index (κ3) is 2.72. The van der Waals surface area contributed by atoms with Crippen LogP contribution in [0.5, 0.6) is 0 Å². The molecule has 1 fully saturated rings. The van der Waals surface area contributed by atoms with Crippen LogP contribution in [0.25, 0.3) is 0 Å². The second-order valence-electron chi connectivity index (χ2n) is 5.22. The molecule has 112 valence electrons. The highest BCUT2D eigenvalue weighted by atomic mass is 16.6. The molecule has 0 saturated carbocycles. The number of carbonyl (C=O) groups is 2. The van der Waals surface area contributed by atoms with E-state index in [-0.39, 0.29) is 23.7 Å². The summed E-state index contributed by atoms with van der Waals surface area (Å²) < 4.78 is 0. The van der Waals surface area contributed by atoms with Crippen molar-refractivity contribution in [1.82, 2.24) is 4.90 Å². The Morgan fingerprint density at radius 2 is 2.19 bits per heavy atom. The fraction of sp³-hybridized carbons (Fsp3) is 0.429. The van der Waals surface area contributed by atoms with Crippen molar-refractivity contribution in [3.05, 3.63) is 39.9 Å². The summed E-state index contributed by atoms with van der Waals surface area (Å²) in [6.45, 7) is 2.28. The van der Waals surface area contributed by atoms with E-state index in [4.69, 9.17) is 0 Å². The number of carbonyl (C=O) groups excluding carboxylic acids is 1. The van der Waals surface area contributed by atoms with Crippen LogP contribution in [0, 0.1) is 15.5 Å². The van der Waals surface area contributed by atoms with Crippen LogP contribution >= 0.6 is 0 Å². The Balaban J connectivity index is 2.20. The Morgan fingerprint density at radius 1 is 1.48 bits per heavy atom. The molecule has 2 rings (SSSR count). The standard InChI is InChI=1S/C14H16N2O5/c1-2-14(13(18)19)6-7-15(9-14)12(17)10-4-3-5-11(8-10)16(20)21/h3-5,8H,2,6-7,9H2,1H3,(H,18,19). The normalized spacial score (nSPS) is 21.3. The third-order valence-corrected chi connectivity index (χ3v) is 4.08. The van der Waals surface area contributed by atoms with Crippen LogP contribution in [0.15, 0.2) is 24.3 Å². The van der Waals surface area contributed by atoms with E-state index in [2.05, 4.69) is 0 Å². The van der Waals surface area contributed by atoms with Crippen molar-refractivity contribution >= 4 is 17.6 Å². The van der Waals surface area contributed by atoms with Gasteiger partial charge < -0.3 is 10.0 Å². The van der Waals surface area contributed by atoms with Crippen LogP contribution in [-0.2, 0) is 4.79 Å². The zero-order valence-corrected chi connectivity index (χ0v) is 11.6. The fourth-order valence-electron chi connectivity index (χ4n) is 2.60. The van der Waals surface area contributed by atoms with E-state index < -0.39 is 16.3 Å². The number of benzene rings is 1. The number of nitro benzene ring substituents is 1. The van der Waals surface area contributed by atoms with Crippen molar-refractivity contribution in [2.75, 3.05) is 13.1 Å². The Hall–Kier alpha value is -2.44. The Morgan fingerprint density at radius 3 is 2.71 bits per heavy atom. The van der Waals surface area contributed by atoms with Crippen molar-refractivity contribution < 1.29 is 19.6 Å². The number of rotatable bonds is 4. The largest absolute Gasteiger partial charge is 0.481 e. The first-order chi connectivity index (χ1) is 9.89. The number of likely N-dealkylation sites (tertiary alicyclic amines) is 1. The van der Waals surface area contributed by atoms with Crippen molar-refractivity contribution in [2.45, 2.75) is 19.8 Å². The van der Waals surface area contributed by atoms with Crippen molar-refractivity contribution in [3.8, 4) is 0 Å². The molecular weight excluding hydrogens is 276 g/mol. The van der Waals surface area contributed by atoms with Gasteiger partial charge in [0.05, 0.1) is 10.3 Å². The molecule has 0 bridgehead atoms. The fourth-order valence-corrected chi connectivity index (χ4v) is 2.60. The van der Waals surface area contributed by atoms with E-state index in [1.54, 1.807) is 6.92 Å². The molecule has 7 heteroatoms. The molecule has 1 amide bonds. The average molecular weight is 292 g/mol. The highest BCUT2D eigenvalue weighted by Crippen LogP contribution is 2.35. The van der Waals surface area contributed by atoms with E-state index in [0.717, 1.165) is 0 Å². The summed E-state index contributed by atoms with van der Waals surface area (Å²) >= 11 is 0. The monoisotopic (exact) mass is 292 g/mol. The van der Waals surface area contributed by atoms with Crippen molar-refractivity contribution in [1.29, 1.82) is 0 Å². The van der Waals surface area contributed by atoms with Gasteiger partial charge in [-0.25, -0.2) is 0 Å². The number of nitrogens with zero attached hydrogens (tertiary/aromatic N) is 2. The Bertz CT molecular complexity index is 601. The summed E-state index contributed by atoms with van der Waals surface area (Å²) in [5.41, 5.74) is -0.849. The molecular formula is C14H16N2O5. The van der Waals surface area contributed by atoms with Crippen LogP contribution in [0.2, 0.25) is 0 Å². The highest BCUT2D eigenvalue weighted by Gasteiger charge is 2.44. The van der Waals surface area contributed by atoms with E-state index in [9.17, 15) is 24.8 Å². The first-order valence-corrected chi connectivity index (χ1v) is 6.67. The number of hydrogen-bond donors (Lipinski definition) is 1. The number of carboxylic acid groups (broad SMARTS) is 1. The van der Waals surface area contributed by atoms with Gasteiger partial charge in [0.15, 0.2) is 0 Å². The predicted octanol–water partition coefficient (Wildman–Crippen LogP) is 1.92. The number of hydrogen-bond acceptors (Lipinski definition) is 4. The topological polar surface area (TPSA) is 101 Å². The second-order valence-corrected chi connectivity index (χ2v) is 5.22. The molecule has 1 aliphatic rings. The van der Waals surface area contributed by atoms with Crippen LogP contribution in [0.3, 0.4) is 0 Å². The Labute approximate surface area is 121 Å². The lowest BCUT2D eigenvalue weighted by Gasteiger charge is -2.23. The van der Waals surface area contributed by atoms with Gasteiger partial charge in [0, 0.05) is 30.8 Å². The third-order valence-electron chi connectivity index (χ3n) is 4.08.